The molecule has 0 unspecified atom stereocenters. The van der Waals surface area contributed by atoms with Crippen molar-refractivity contribution in [1.29, 1.82) is 0 Å². The minimum absolute atomic E-state index is 0.146. The van der Waals surface area contributed by atoms with Gasteiger partial charge in [-0.1, -0.05) is 60.7 Å². The molecule has 0 fully saturated rings. The summed E-state index contributed by atoms with van der Waals surface area (Å²) < 4.78 is 46.5. The summed E-state index contributed by atoms with van der Waals surface area (Å²) in [6.45, 7) is -0.146. The second-order valence-electron chi connectivity index (χ2n) is 6.32. The minimum atomic E-state index is -5.21. The van der Waals surface area contributed by atoms with Crippen LogP contribution >= 0.6 is 0 Å². The smallest absolute Gasteiger partial charge is 0.430 e. The molecule has 3 rings (SSSR count). The van der Waals surface area contributed by atoms with Crippen LogP contribution in [0.3, 0.4) is 0 Å². The molecular weight excluding hydrogens is 383 g/mol. The zero-order valence-corrected chi connectivity index (χ0v) is 15.2. The van der Waals surface area contributed by atoms with Crippen LogP contribution < -0.4 is 10.1 Å². The van der Waals surface area contributed by atoms with E-state index in [1.165, 1.54) is 12.1 Å². The van der Waals surface area contributed by atoms with Crippen LogP contribution in [0.4, 0.5) is 13.2 Å². The van der Waals surface area contributed by atoms with Crippen LogP contribution in [-0.4, -0.2) is 17.2 Å². The molecule has 0 saturated heterocycles. The van der Waals surface area contributed by atoms with Gasteiger partial charge in [-0.2, -0.15) is 13.2 Å². The van der Waals surface area contributed by atoms with E-state index < -0.39 is 23.2 Å². The van der Waals surface area contributed by atoms with Gasteiger partial charge in [-0.15, -0.1) is 0 Å². The van der Waals surface area contributed by atoms with Gasteiger partial charge in [0.05, 0.1) is 0 Å². The summed E-state index contributed by atoms with van der Waals surface area (Å²) in [5, 5.41) is 12.5. The van der Waals surface area contributed by atoms with Gasteiger partial charge >= 0.3 is 6.18 Å². The van der Waals surface area contributed by atoms with Crippen molar-refractivity contribution in [3.05, 3.63) is 96.1 Å². The first kappa shape index (κ1) is 20.4. The monoisotopic (exact) mass is 401 g/mol. The van der Waals surface area contributed by atoms with Gasteiger partial charge in [-0.05, 0) is 29.8 Å². The number of nitrogens with one attached hydrogen (secondary N) is 1. The number of aliphatic hydroxyl groups is 1. The molecule has 0 aromatic heterocycles. The van der Waals surface area contributed by atoms with Gasteiger partial charge in [0.2, 0.25) is 0 Å². The lowest BCUT2D eigenvalue weighted by Crippen LogP contribution is -2.54. The maximum atomic E-state index is 13.7. The molecule has 0 aliphatic carbocycles. The molecule has 29 heavy (non-hydrogen) atoms. The van der Waals surface area contributed by atoms with E-state index in [-0.39, 0.29) is 12.3 Å². The lowest BCUT2D eigenvalue weighted by molar-refractivity contribution is -0.257. The average Bonchev–Trinajstić information content (AvgIpc) is 2.72. The number of para-hydroxylation sites is 1. The molecule has 0 aliphatic heterocycles. The standard InChI is InChI=1S/C22H18F3NO3/c23-22(24,25)21(28,20(27)26-15-16-7-3-1-4-8-16)17-11-13-19(14-12-17)29-18-9-5-2-6-10-18/h1-14,28H,15H2,(H,26,27)/t21-/m1/s1. The number of rotatable bonds is 6. The second kappa shape index (κ2) is 8.36. The van der Waals surface area contributed by atoms with Gasteiger partial charge < -0.3 is 15.2 Å². The number of alkyl halides is 3. The largest absolute Gasteiger partial charge is 0.457 e. The fourth-order valence-corrected chi connectivity index (χ4v) is 2.72. The molecule has 3 aromatic carbocycles. The number of halogens is 3. The maximum absolute atomic E-state index is 13.7. The highest BCUT2D eigenvalue weighted by Crippen LogP contribution is 2.40. The Kier molecular flexibility index (Phi) is 5.89. The van der Waals surface area contributed by atoms with Gasteiger partial charge in [0.1, 0.15) is 11.5 Å². The summed E-state index contributed by atoms with van der Waals surface area (Å²) in [6, 6.07) is 21.7. The fraction of sp³-hybridized carbons (Fsp3) is 0.136. The molecule has 0 aliphatic rings. The highest BCUT2D eigenvalue weighted by Gasteiger charge is 2.60. The third-order valence-corrected chi connectivity index (χ3v) is 4.29. The molecule has 0 heterocycles. The predicted octanol–water partition coefficient (Wildman–Crippen LogP) is 4.55. The van der Waals surface area contributed by atoms with E-state index in [1.807, 2.05) is 0 Å². The maximum Gasteiger partial charge on any atom is 0.430 e. The van der Waals surface area contributed by atoms with Crippen molar-refractivity contribution in [2.24, 2.45) is 0 Å². The number of ether oxygens (including phenoxy) is 1. The van der Waals surface area contributed by atoms with Crippen LogP contribution in [0.1, 0.15) is 11.1 Å². The van der Waals surface area contributed by atoms with E-state index in [1.54, 1.807) is 60.7 Å². The Labute approximate surface area is 165 Å². The fourth-order valence-electron chi connectivity index (χ4n) is 2.72. The summed E-state index contributed by atoms with van der Waals surface area (Å²) in [5.41, 5.74) is -3.68. The van der Waals surface area contributed by atoms with E-state index >= 15 is 0 Å². The van der Waals surface area contributed by atoms with Crippen molar-refractivity contribution in [1.82, 2.24) is 5.32 Å². The third kappa shape index (κ3) is 4.57. The second-order valence-corrected chi connectivity index (χ2v) is 6.32. The van der Waals surface area contributed by atoms with Crippen LogP contribution in [0.25, 0.3) is 0 Å². The zero-order chi connectivity index (χ0) is 20.9. The Hall–Kier alpha value is -3.32. The summed E-state index contributed by atoms with van der Waals surface area (Å²) >= 11 is 0. The number of carbonyl (C=O) groups is 1. The lowest BCUT2D eigenvalue weighted by atomic mass is 9.91. The van der Waals surface area contributed by atoms with Crippen molar-refractivity contribution >= 4 is 5.91 Å². The van der Waals surface area contributed by atoms with Gasteiger partial charge in [-0.25, -0.2) is 0 Å². The molecule has 4 nitrogen and oxygen atoms in total. The Morgan fingerprint density at radius 3 is 1.90 bits per heavy atom. The van der Waals surface area contributed by atoms with Crippen molar-refractivity contribution in [2.75, 3.05) is 0 Å². The number of hydrogen-bond acceptors (Lipinski definition) is 3. The van der Waals surface area contributed by atoms with E-state index in [0.29, 0.717) is 11.3 Å². The lowest BCUT2D eigenvalue weighted by Gasteiger charge is -2.29. The number of amides is 1. The molecule has 2 N–H and O–H groups in total. The third-order valence-electron chi connectivity index (χ3n) is 4.29. The normalized spacial score (nSPS) is 13.4. The summed E-state index contributed by atoms with van der Waals surface area (Å²) in [5.74, 6) is -0.772. The first-order chi connectivity index (χ1) is 13.8. The molecule has 1 atom stereocenters. The molecule has 0 bridgehead atoms. The Balaban J connectivity index is 1.81. The van der Waals surface area contributed by atoms with Crippen LogP contribution in [0.5, 0.6) is 11.5 Å². The molecule has 3 aromatic rings. The summed E-state index contributed by atoms with van der Waals surface area (Å²) in [6.07, 6.45) is -5.21. The highest BCUT2D eigenvalue weighted by atomic mass is 19.4. The number of benzene rings is 3. The molecule has 1 amide bonds. The average molecular weight is 401 g/mol. The van der Waals surface area contributed by atoms with Gasteiger partial charge in [0.15, 0.2) is 0 Å². The topological polar surface area (TPSA) is 58.6 Å². The zero-order valence-electron chi connectivity index (χ0n) is 15.2. The van der Waals surface area contributed by atoms with E-state index in [2.05, 4.69) is 5.32 Å². The quantitative estimate of drug-likeness (QED) is 0.637. The van der Waals surface area contributed by atoms with Crippen molar-refractivity contribution in [2.45, 2.75) is 18.3 Å². The highest BCUT2D eigenvalue weighted by molar-refractivity contribution is 5.87. The Bertz CT molecular complexity index is 945. The van der Waals surface area contributed by atoms with Crippen molar-refractivity contribution in [3.8, 4) is 11.5 Å². The first-order valence-corrected chi connectivity index (χ1v) is 8.75. The van der Waals surface area contributed by atoms with Crippen LogP contribution in [0.2, 0.25) is 0 Å². The SMILES string of the molecule is O=C(NCc1ccccc1)[C@](O)(c1ccc(Oc2ccccc2)cc1)C(F)(F)F. The first-order valence-electron chi connectivity index (χ1n) is 8.75. The van der Waals surface area contributed by atoms with Crippen LogP contribution in [0.15, 0.2) is 84.9 Å². The number of hydrogen-bond donors (Lipinski definition) is 2. The van der Waals surface area contributed by atoms with E-state index in [9.17, 15) is 23.1 Å². The minimum Gasteiger partial charge on any atom is -0.457 e. The van der Waals surface area contributed by atoms with E-state index in [4.69, 9.17) is 4.74 Å². The van der Waals surface area contributed by atoms with Crippen LogP contribution in [-0.2, 0) is 16.9 Å². The Morgan fingerprint density at radius 2 is 1.34 bits per heavy atom. The Morgan fingerprint density at radius 1 is 0.828 bits per heavy atom. The van der Waals surface area contributed by atoms with E-state index in [0.717, 1.165) is 12.1 Å². The summed E-state index contributed by atoms with van der Waals surface area (Å²) in [4.78, 5) is 12.3. The predicted molar refractivity (Wildman–Crippen MR) is 101 cm³/mol. The molecule has 150 valence electrons. The number of carbonyl (C=O) groups excluding carboxylic acids is 1. The van der Waals surface area contributed by atoms with Gasteiger partial charge in [-0.3, -0.25) is 4.79 Å². The van der Waals surface area contributed by atoms with Crippen molar-refractivity contribution in [3.63, 3.8) is 0 Å². The molecule has 0 saturated carbocycles. The van der Waals surface area contributed by atoms with Crippen LogP contribution in [0, 0.1) is 0 Å². The molecule has 0 radical (unpaired) electrons. The van der Waals surface area contributed by atoms with Gasteiger partial charge in [0, 0.05) is 12.1 Å². The van der Waals surface area contributed by atoms with Crippen molar-refractivity contribution < 1.29 is 27.8 Å². The summed E-state index contributed by atoms with van der Waals surface area (Å²) in [7, 11) is 0. The molecular formula is C22H18F3NO3. The molecule has 7 heteroatoms. The molecule has 0 spiro atoms. The van der Waals surface area contributed by atoms with Gasteiger partial charge in [0.25, 0.3) is 11.5 Å².